The van der Waals surface area contributed by atoms with Crippen molar-refractivity contribution in [1.29, 1.82) is 0 Å². The molecule has 0 unspecified atom stereocenters. The summed E-state index contributed by atoms with van der Waals surface area (Å²) in [5.74, 6) is -0.172. The van der Waals surface area contributed by atoms with E-state index in [-0.39, 0.29) is 17.2 Å². The first-order valence-electron chi connectivity index (χ1n) is 5.84. The molecule has 106 valence electrons. The lowest BCUT2D eigenvalue weighted by molar-refractivity contribution is 0.0276. The molecule has 0 amide bonds. The van der Waals surface area contributed by atoms with E-state index in [9.17, 15) is 13.2 Å². The zero-order valence-electron chi connectivity index (χ0n) is 11.6. The molecule has 6 heteroatoms. The molecule has 0 spiro atoms. The Hall–Kier alpha value is -1.24. The Morgan fingerprint density at radius 2 is 2.00 bits per heavy atom. The quantitative estimate of drug-likeness (QED) is 0.806. The highest BCUT2D eigenvalue weighted by atomic mass is 32.2. The minimum absolute atomic E-state index is 0.0760. The molecule has 1 aromatic carbocycles. The summed E-state index contributed by atoms with van der Waals surface area (Å²) in [7, 11) is -2.12. The number of methoxy groups -OCH3 is 1. The zero-order chi connectivity index (χ0) is 14.7. The van der Waals surface area contributed by atoms with Gasteiger partial charge in [-0.25, -0.2) is 13.1 Å². The van der Waals surface area contributed by atoms with Crippen molar-refractivity contribution in [2.45, 2.75) is 31.3 Å². The number of nitrogens with one attached hydrogen (secondary N) is 1. The van der Waals surface area contributed by atoms with Gasteiger partial charge in [0.15, 0.2) is 5.78 Å². The lowest BCUT2D eigenvalue weighted by atomic mass is 10.1. The Morgan fingerprint density at radius 1 is 1.37 bits per heavy atom. The van der Waals surface area contributed by atoms with Crippen LogP contribution in [0.15, 0.2) is 29.2 Å². The summed E-state index contributed by atoms with van der Waals surface area (Å²) < 4.78 is 31.8. The number of sulfonamides is 1. The van der Waals surface area contributed by atoms with Crippen LogP contribution in [-0.2, 0) is 14.8 Å². The monoisotopic (exact) mass is 285 g/mol. The summed E-state index contributed by atoms with van der Waals surface area (Å²) in [5, 5.41) is 0. The van der Waals surface area contributed by atoms with Crippen molar-refractivity contribution in [2.24, 2.45) is 0 Å². The molecule has 19 heavy (non-hydrogen) atoms. The third kappa shape index (κ3) is 4.41. The van der Waals surface area contributed by atoms with Gasteiger partial charge in [0.05, 0.1) is 10.5 Å². The van der Waals surface area contributed by atoms with Gasteiger partial charge in [-0.2, -0.15) is 0 Å². The van der Waals surface area contributed by atoms with Gasteiger partial charge in [-0.15, -0.1) is 0 Å². The maximum absolute atomic E-state index is 12.1. The maximum atomic E-state index is 12.1. The molecule has 0 atom stereocenters. The van der Waals surface area contributed by atoms with E-state index in [1.54, 1.807) is 26.0 Å². The molecule has 1 aromatic rings. The van der Waals surface area contributed by atoms with E-state index in [0.717, 1.165) is 0 Å². The van der Waals surface area contributed by atoms with Crippen LogP contribution < -0.4 is 4.72 Å². The number of ketones is 1. The first kappa shape index (κ1) is 15.8. The molecule has 0 aliphatic rings. The van der Waals surface area contributed by atoms with Crippen LogP contribution in [0.1, 0.15) is 31.1 Å². The Labute approximate surface area is 114 Å². The molecule has 0 aliphatic carbocycles. The third-order valence-corrected chi connectivity index (χ3v) is 4.19. The normalized spacial score (nSPS) is 12.4. The molecule has 1 N–H and O–H groups in total. The lowest BCUT2D eigenvalue weighted by Gasteiger charge is -2.23. The van der Waals surface area contributed by atoms with Crippen LogP contribution >= 0.6 is 0 Å². The lowest BCUT2D eigenvalue weighted by Crippen LogP contribution is -2.39. The maximum Gasteiger partial charge on any atom is 0.240 e. The van der Waals surface area contributed by atoms with E-state index in [1.807, 2.05) is 0 Å². The van der Waals surface area contributed by atoms with Crippen LogP contribution in [0.5, 0.6) is 0 Å². The molecule has 1 rings (SSSR count). The van der Waals surface area contributed by atoms with E-state index < -0.39 is 15.6 Å². The number of carbonyl (C=O) groups excluding carboxylic acids is 1. The van der Waals surface area contributed by atoms with Crippen molar-refractivity contribution >= 4 is 15.8 Å². The largest absolute Gasteiger partial charge is 0.377 e. The predicted octanol–water partition coefficient (Wildman–Crippen LogP) is 1.59. The van der Waals surface area contributed by atoms with Gasteiger partial charge >= 0.3 is 0 Å². The number of hydrogen-bond donors (Lipinski definition) is 1. The number of benzene rings is 1. The fourth-order valence-electron chi connectivity index (χ4n) is 1.31. The summed E-state index contributed by atoms with van der Waals surface area (Å²) in [6.45, 7) is 5.10. The standard InChI is InChI=1S/C13H19NO4S/c1-10(15)11-6-5-7-12(8-11)19(16,17)14-9-13(2,3)18-4/h5-8,14H,9H2,1-4H3. The van der Waals surface area contributed by atoms with Crippen molar-refractivity contribution in [3.8, 4) is 0 Å². The SMILES string of the molecule is COC(C)(C)CNS(=O)(=O)c1cccc(C(C)=O)c1. The van der Waals surface area contributed by atoms with Gasteiger partial charge < -0.3 is 4.74 Å². The molecule has 0 fully saturated rings. The smallest absolute Gasteiger partial charge is 0.240 e. The minimum atomic E-state index is -3.64. The summed E-state index contributed by atoms with van der Waals surface area (Å²) in [5.41, 5.74) is -0.223. The van der Waals surface area contributed by atoms with Gasteiger partial charge in [-0.1, -0.05) is 12.1 Å². The van der Waals surface area contributed by atoms with Crippen LogP contribution in [-0.4, -0.2) is 33.5 Å². The van der Waals surface area contributed by atoms with Gasteiger partial charge in [-0.3, -0.25) is 4.79 Å². The second kappa shape index (κ2) is 5.81. The number of Topliss-reactive ketones (excluding diaryl/α,β-unsaturated/α-hetero) is 1. The summed E-state index contributed by atoms with van der Waals surface area (Å²) in [4.78, 5) is 11.3. The number of hydrogen-bond acceptors (Lipinski definition) is 4. The average Bonchev–Trinajstić information content (AvgIpc) is 2.37. The van der Waals surface area contributed by atoms with Crippen molar-refractivity contribution in [3.05, 3.63) is 29.8 Å². The van der Waals surface area contributed by atoms with Crippen molar-refractivity contribution < 1.29 is 17.9 Å². The Kier molecular flexibility index (Phi) is 4.84. The molecule has 0 aliphatic heterocycles. The first-order chi connectivity index (χ1) is 8.68. The number of ether oxygens (including phenoxy) is 1. The predicted molar refractivity (Wildman–Crippen MR) is 72.7 cm³/mol. The van der Waals surface area contributed by atoms with Crippen molar-refractivity contribution in [3.63, 3.8) is 0 Å². The van der Waals surface area contributed by atoms with Gasteiger partial charge in [0.1, 0.15) is 0 Å². The van der Waals surface area contributed by atoms with E-state index in [4.69, 9.17) is 4.74 Å². The Balaban J connectivity index is 2.95. The molecular weight excluding hydrogens is 266 g/mol. The highest BCUT2D eigenvalue weighted by Crippen LogP contribution is 2.13. The Bertz CT molecular complexity index is 564. The zero-order valence-corrected chi connectivity index (χ0v) is 12.4. The van der Waals surface area contributed by atoms with Crippen molar-refractivity contribution in [1.82, 2.24) is 4.72 Å². The van der Waals surface area contributed by atoms with Crippen LogP contribution in [0.2, 0.25) is 0 Å². The van der Waals surface area contributed by atoms with E-state index in [2.05, 4.69) is 4.72 Å². The second-order valence-corrected chi connectivity index (χ2v) is 6.64. The van der Waals surface area contributed by atoms with Gasteiger partial charge in [0.25, 0.3) is 0 Å². The van der Waals surface area contributed by atoms with Gasteiger partial charge in [-0.05, 0) is 32.9 Å². The highest BCUT2D eigenvalue weighted by molar-refractivity contribution is 7.89. The number of carbonyl (C=O) groups is 1. The average molecular weight is 285 g/mol. The highest BCUT2D eigenvalue weighted by Gasteiger charge is 2.22. The molecule has 0 saturated heterocycles. The van der Waals surface area contributed by atoms with E-state index in [1.165, 1.54) is 26.2 Å². The Morgan fingerprint density at radius 3 is 2.53 bits per heavy atom. The summed E-state index contributed by atoms with van der Waals surface area (Å²) in [6, 6.07) is 5.95. The molecule has 0 saturated carbocycles. The number of rotatable bonds is 6. The summed E-state index contributed by atoms with van der Waals surface area (Å²) >= 11 is 0. The molecule has 5 nitrogen and oxygen atoms in total. The van der Waals surface area contributed by atoms with Crippen LogP contribution in [0.3, 0.4) is 0 Å². The topological polar surface area (TPSA) is 72.5 Å². The molecule has 0 radical (unpaired) electrons. The van der Waals surface area contributed by atoms with Crippen molar-refractivity contribution in [2.75, 3.05) is 13.7 Å². The molecular formula is C13H19NO4S. The molecule has 0 aromatic heterocycles. The summed E-state index contributed by atoms with van der Waals surface area (Å²) in [6.07, 6.45) is 0. The van der Waals surface area contributed by atoms with Crippen LogP contribution in [0.4, 0.5) is 0 Å². The van der Waals surface area contributed by atoms with Crippen LogP contribution in [0, 0.1) is 0 Å². The van der Waals surface area contributed by atoms with E-state index in [0.29, 0.717) is 5.56 Å². The van der Waals surface area contributed by atoms with Gasteiger partial charge in [0, 0.05) is 19.2 Å². The van der Waals surface area contributed by atoms with Gasteiger partial charge in [0.2, 0.25) is 10.0 Å². The fourth-order valence-corrected chi connectivity index (χ4v) is 2.55. The third-order valence-electron chi connectivity index (χ3n) is 2.79. The van der Waals surface area contributed by atoms with E-state index >= 15 is 0 Å². The molecule has 0 bridgehead atoms. The second-order valence-electron chi connectivity index (χ2n) is 4.87. The molecule has 0 heterocycles. The van der Waals surface area contributed by atoms with Crippen LogP contribution in [0.25, 0.3) is 0 Å². The first-order valence-corrected chi connectivity index (χ1v) is 7.32. The minimum Gasteiger partial charge on any atom is -0.377 e. The fraction of sp³-hybridized carbons (Fsp3) is 0.462.